The molecule has 1 amide bonds. The second-order valence-corrected chi connectivity index (χ2v) is 7.10. The molecule has 0 bridgehead atoms. The molecule has 5 nitrogen and oxygen atoms in total. The van der Waals surface area contributed by atoms with Crippen molar-refractivity contribution in [3.63, 3.8) is 0 Å². The summed E-state index contributed by atoms with van der Waals surface area (Å²) in [5.41, 5.74) is 0.922. The number of methoxy groups -OCH3 is 1. The van der Waals surface area contributed by atoms with Gasteiger partial charge in [-0.2, -0.15) is 0 Å². The summed E-state index contributed by atoms with van der Waals surface area (Å²) in [5, 5.41) is 3.08. The van der Waals surface area contributed by atoms with Gasteiger partial charge in [-0.05, 0) is 49.6 Å². The number of hydrogen-bond acceptors (Lipinski definition) is 4. The quantitative estimate of drug-likeness (QED) is 0.793. The number of hydrogen-bond donors (Lipinski definition) is 1. The monoisotopic (exact) mass is 386 g/mol. The van der Waals surface area contributed by atoms with Gasteiger partial charge >= 0.3 is 0 Å². The number of benzene rings is 2. The Hall–Kier alpha value is -2.60. The zero-order valence-electron chi connectivity index (χ0n) is 16.4. The van der Waals surface area contributed by atoms with Gasteiger partial charge in [-0.1, -0.05) is 24.3 Å². The van der Waals surface area contributed by atoms with E-state index in [1.165, 1.54) is 13.2 Å². The SMILES string of the molecule is COc1ccc(CN2CCC(NC(=O)C(C)Oc3ccccc3)CC2)cc1F. The molecular formula is C22H27FN2O3. The molecule has 1 N–H and O–H groups in total. The molecule has 28 heavy (non-hydrogen) atoms. The Balaban J connectivity index is 1.43. The van der Waals surface area contributed by atoms with Crippen LogP contribution in [0, 0.1) is 5.82 Å². The van der Waals surface area contributed by atoms with Crippen molar-refractivity contribution in [1.82, 2.24) is 10.2 Å². The third kappa shape index (κ3) is 5.45. The van der Waals surface area contributed by atoms with Crippen molar-refractivity contribution in [3.05, 3.63) is 59.9 Å². The minimum absolute atomic E-state index is 0.0977. The molecule has 0 aromatic heterocycles. The van der Waals surface area contributed by atoms with E-state index in [-0.39, 0.29) is 23.5 Å². The normalized spacial score (nSPS) is 16.4. The molecule has 1 atom stereocenters. The molecule has 1 unspecified atom stereocenters. The number of ether oxygens (including phenoxy) is 2. The third-order valence-electron chi connectivity index (χ3n) is 4.98. The van der Waals surface area contributed by atoms with E-state index >= 15 is 0 Å². The summed E-state index contributed by atoms with van der Waals surface area (Å²) in [5.74, 6) is 0.512. The van der Waals surface area contributed by atoms with Crippen LogP contribution in [0.5, 0.6) is 11.5 Å². The number of rotatable bonds is 7. The van der Waals surface area contributed by atoms with Crippen molar-refractivity contribution in [3.8, 4) is 11.5 Å². The molecular weight excluding hydrogens is 359 g/mol. The first-order valence-corrected chi connectivity index (χ1v) is 9.62. The summed E-state index contributed by atoms with van der Waals surface area (Å²) in [6.45, 7) is 4.16. The smallest absolute Gasteiger partial charge is 0.260 e. The van der Waals surface area contributed by atoms with E-state index < -0.39 is 6.10 Å². The summed E-state index contributed by atoms with van der Waals surface area (Å²) in [6.07, 6.45) is 1.19. The number of para-hydroxylation sites is 1. The highest BCUT2D eigenvalue weighted by Crippen LogP contribution is 2.20. The molecule has 0 saturated carbocycles. The van der Waals surface area contributed by atoms with Gasteiger partial charge in [0.1, 0.15) is 5.75 Å². The van der Waals surface area contributed by atoms with Crippen LogP contribution in [0.2, 0.25) is 0 Å². The van der Waals surface area contributed by atoms with Gasteiger partial charge in [-0.15, -0.1) is 0 Å². The predicted molar refractivity (Wildman–Crippen MR) is 106 cm³/mol. The molecule has 2 aromatic carbocycles. The molecule has 1 heterocycles. The number of likely N-dealkylation sites (tertiary alicyclic amines) is 1. The van der Waals surface area contributed by atoms with Crippen molar-refractivity contribution >= 4 is 5.91 Å². The van der Waals surface area contributed by atoms with Crippen LogP contribution in [-0.2, 0) is 11.3 Å². The zero-order chi connectivity index (χ0) is 19.9. The lowest BCUT2D eigenvalue weighted by atomic mass is 10.0. The Morgan fingerprint density at radius 2 is 1.93 bits per heavy atom. The highest BCUT2D eigenvalue weighted by Gasteiger charge is 2.23. The average Bonchev–Trinajstić information content (AvgIpc) is 2.70. The summed E-state index contributed by atoms with van der Waals surface area (Å²) in [6, 6.07) is 14.5. The molecule has 0 aliphatic carbocycles. The fourth-order valence-electron chi connectivity index (χ4n) is 3.38. The van der Waals surface area contributed by atoms with Gasteiger partial charge in [0.05, 0.1) is 7.11 Å². The fourth-order valence-corrected chi connectivity index (χ4v) is 3.38. The van der Waals surface area contributed by atoms with Crippen LogP contribution in [0.3, 0.4) is 0 Å². The Morgan fingerprint density at radius 3 is 2.57 bits per heavy atom. The van der Waals surface area contributed by atoms with Crippen LogP contribution in [0.25, 0.3) is 0 Å². The standard InChI is InChI=1S/C22H27FN2O3/c1-16(28-19-6-4-3-5-7-19)22(26)24-18-10-12-25(13-11-18)15-17-8-9-21(27-2)20(23)14-17/h3-9,14,16,18H,10-13,15H2,1-2H3,(H,24,26). The van der Waals surface area contributed by atoms with E-state index in [0.29, 0.717) is 12.3 Å². The second-order valence-electron chi connectivity index (χ2n) is 7.10. The Labute approximate surface area is 165 Å². The van der Waals surface area contributed by atoms with Crippen LogP contribution < -0.4 is 14.8 Å². The number of carbonyl (C=O) groups excluding carboxylic acids is 1. The molecule has 1 fully saturated rings. The third-order valence-corrected chi connectivity index (χ3v) is 4.98. The molecule has 6 heteroatoms. The maximum atomic E-state index is 13.8. The summed E-state index contributed by atoms with van der Waals surface area (Å²) in [7, 11) is 1.46. The first-order valence-electron chi connectivity index (χ1n) is 9.62. The lowest BCUT2D eigenvalue weighted by Gasteiger charge is -2.33. The lowest BCUT2D eigenvalue weighted by molar-refractivity contribution is -0.128. The molecule has 0 radical (unpaired) electrons. The van der Waals surface area contributed by atoms with Gasteiger partial charge < -0.3 is 14.8 Å². The number of nitrogens with one attached hydrogen (secondary N) is 1. The Kier molecular flexibility index (Phi) is 6.87. The molecule has 3 rings (SSSR count). The van der Waals surface area contributed by atoms with E-state index in [4.69, 9.17) is 9.47 Å². The van der Waals surface area contributed by atoms with Gasteiger partial charge in [0.25, 0.3) is 5.91 Å². The van der Waals surface area contributed by atoms with E-state index in [1.807, 2.05) is 36.4 Å². The van der Waals surface area contributed by atoms with Crippen molar-refractivity contribution in [2.45, 2.75) is 38.5 Å². The summed E-state index contributed by atoms with van der Waals surface area (Å²) >= 11 is 0. The molecule has 1 aliphatic rings. The fraction of sp³-hybridized carbons (Fsp3) is 0.409. The van der Waals surface area contributed by atoms with Crippen LogP contribution in [-0.4, -0.2) is 43.2 Å². The number of halogens is 1. The number of nitrogens with zero attached hydrogens (tertiary/aromatic N) is 1. The molecule has 1 aliphatic heterocycles. The van der Waals surface area contributed by atoms with Gasteiger partial charge in [-0.3, -0.25) is 9.69 Å². The highest BCUT2D eigenvalue weighted by atomic mass is 19.1. The number of amides is 1. The van der Waals surface area contributed by atoms with Crippen molar-refractivity contribution in [2.75, 3.05) is 20.2 Å². The Morgan fingerprint density at radius 1 is 1.21 bits per heavy atom. The highest BCUT2D eigenvalue weighted by molar-refractivity contribution is 5.81. The topological polar surface area (TPSA) is 50.8 Å². The van der Waals surface area contributed by atoms with Crippen molar-refractivity contribution in [2.24, 2.45) is 0 Å². The maximum Gasteiger partial charge on any atom is 0.260 e. The van der Waals surface area contributed by atoms with Crippen LogP contribution in [0.4, 0.5) is 4.39 Å². The summed E-state index contributed by atoms with van der Waals surface area (Å²) < 4.78 is 24.5. The lowest BCUT2D eigenvalue weighted by Crippen LogP contribution is -2.47. The molecule has 1 saturated heterocycles. The maximum absolute atomic E-state index is 13.8. The zero-order valence-corrected chi connectivity index (χ0v) is 16.4. The first-order chi connectivity index (χ1) is 13.5. The van der Waals surface area contributed by atoms with Gasteiger partial charge in [0.15, 0.2) is 17.7 Å². The largest absolute Gasteiger partial charge is 0.494 e. The van der Waals surface area contributed by atoms with Crippen LogP contribution >= 0.6 is 0 Å². The Bertz CT molecular complexity index is 777. The van der Waals surface area contributed by atoms with Crippen LogP contribution in [0.15, 0.2) is 48.5 Å². The van der Waals surface area contributed by atoms with Gasteiger partial charge in [0, 0.05) is 25.7 Å². The molecule has 2 aromatic rings. The van der Waals surface area contributed by atoms with Gasteiger partial charge in [-0.25, -0.2) is 4.39 Å². The first kappa shape index (κ1) is 20.1. The predicted octanol–water partition coefficient (Wildman–Crippen LogP) is 3.38. The minimum atomic E-state index is -0.539. The number of carbonyl (C=O) groups is 1. The van der Waals surface area contributed by atoms with Gasteiger partial charge in [0.2, 0.25) is 0 Å². The van der Waals surface area contributed by atoms with E-state index in [0.717, 1.165) is 31.5 Å². The molecule has 0 spiro atoms. The van der Waals surface area contributed by atoms with Crippen molar-refractivity contribution in [1.29, 1.82) is 0 Å². The van der Waals surface area contributed by atoms with Crippen molar-refractivity contribution < 1.29 is 18.7 Å². The number of piperidine rings is 1. The van der Waals surface area contributed by atoms with Crippen LogP contribution in [0.1, 0.15) is 25.3 Å². The molecule has 150 valence electrons. The minimum Gasteiger partial charge on any atom is -0.494 e. The van der Waals surface area contributed by atoms with E-state index in [1.54, 1.807) is 13.0 Å². The van der Waals surface area contributed by atoms with E-state index in [9.17, 15) is 9.18 Å². The summed E-state index contributed by atoms with van der Waals surface area (Å²) in [4.78, 5) is 14.7. The van der Waals surface area contributed by atoms with E-state index in [2.05, 4.69) is 10.2 Å². The average molecular weight is 386 g/mol. The second kappa shape index (κ2) is 9.55.